The minimum absolute atomic E-state index is 0.0409. The minimum atomic E-state index is -1.36. The zero-order valence-electron chi connectivity index (χ0n) is 17.4. The molecule has 0 aliphatic rings. The van der Waals surface area contributed by atoms with Gasteiger partial charge in [-0.25, -0.2) is 4.98 Å². The molecule has 0 aromatic carbocycles. The third-order valence-electron chi connectivity index (χ3n) is 4.62. The van der Waals surface area contributed by atoms with Crippen LogP contribution in [0.5, 0.6) is 0 Å². The van der Waals surface area contributed by atoms with Gasteiger partial charge in [-0.3, -0.25) is 24.0 Å². The number of rotatable bonds is 13. The molecule has 0 aliphatic carbocycles. The number of hydrogen-bond donors (Lipinski definition) is 7. The fourth-order valence-corrected chi connectivity index (χ4v) is 2.57. The highest BCUT2D eigenvalue weighted by molar-refractivity contribution is 5.96. The van der Waals surface area contributed by atoms with E-state index in [0.29, 0.717) is 12.1 Å². The number of carbonyl (C=O) groups is 5. The number of carbonyl (C=O) groups excluding carboxylic acids is 4. The molecule has 1 aromatic heterocycles. The highest BCUT2D eigenvalue weighted by Gasteiger charge is 2.30. The lowest BCUT2D eigenvalue weighted by molar-refractivity contribution is -0.138. The summed E-state index contributed by atoms with van der Waals surface area (Å²) in [6.07, 6.45) is 2.86. The second-order valence-corrected chi connectivity index (χ2v) is 7.10. The van der Waals surface area contributed by atoms with Crippen LogP contribution in [0.15, 0.2) is 12.5 Å². The Labute approximate surface area is 178 Å². The third kappa shape index (κ3) is 8.82. The van der Waals surface area contributed by atoms with E-state index in [4.69, 9.17) is 16.6 Å². The number of H-pyrrole nitrogens is 1. The number of nitrogens with two attached hydrogens (primary N) is 2. The summed E-state index contributed by atoms with van der Waals surface area (Å²) >= 11 is 0. The molecule has 0 saturated heterocycles. The maximum Gasteiger partial charge on any atom is 0.322 e. The quantitative estimate of drug-likeness (QED) is 0.172. The van der Waals surface area contributed by atoms with Crippen molar-refractivity contribution in [1.29, 1.82) is 0 Å². The topological polar surface area (TPSA) is 222 Å². The van der Waals surface area contributed by atoms with Gasteiger partial charge in [-0.2, -0.15) is 0 Å². The van der Waals surface area contributed by atoms with Crippen molar-refractivity contribution in [1.82, 2.24) is 25.9 Å². The number of aliphatic carboxylic acids is 1. The molecule has 0 bridgehead atoms. The van der Waals surface area contributed by atoms with Crippen LogP contribution in [0.25, 0.3) is 0 Å². The molecule has 13 heteroatoms. The maximum atomic E-state index is 12.8. The summed E-state index contributed by atoms with van der Waals surface area (Å²) in [4.78, 5) is 66.2. The zero-order chi connectivity index (χ0) is 23.6. The van der Waals surface area contributed by atoms with Gasteiger partial charge >= 0.3 is 5.97 Å². The number of nitrogens with zero attached hydrogens (tertiary/aromatic N) is 1. The molecule has 31 heavy (non-hydrogen) atoms. The van der Waals surface area contributed by atoms with Crippen molar-refractivity contribution in [2.45, 2.75) is 51.2 Å². The second-order valence-electron chi connectivity index (χ2n) is 7.10. The van der Waals surface area contributed by atoms with Gasteiger partial charge in [0.05, 0.1) is 18.8 Å². The van der Waals surface area contributed by atoms with Crippen LogP contribution < -0.4 is 27.4 Å². The van der Waals surface area contributed by atoms with E-state index in [0.717, 1.165) is 0 Å². The Morgan fingerprint density at radius 3 is 2.29 bits per heavy atom. The van der Waals surface area contributed by atoms with Crippen LogP contribution >= 0.6 is 0 Å². The number of amides is 4. The first-order valence-electron chi connectivity index (χ1n) is 9.66. The number of nitrogens with one attached hydrogen (secondary N) is 4. The molecule has 4 amide bonds. The van der Waals surface area contributed by atoms with Crippen molar-refractivity contribution in [2.75, 3.05) is 6.54 Å². The molecule has 0 radical (unpaired) electrons. The molecule has 9 N–H and O–H groups in total. The summed E-state index contributed by atoms with van der Waals surface area (Å²) < 4.78 is 0. The number of hydrogen-bond acceptors (Lipinski definition) is 7. The molecular formula is C18H29N7O6. The molecule has 0 saturated carbocycles. The predicted molar refractivity (Wildman–Crippen MR) is 108 cm³/mol. The average molecular weight is 439 g/mol. The van der Waals surface area contributed by atoms with Gasteiger partial charge in [0.1, 0.15) is 18.6 Å². The van der Waals surface area contributed by atoms with E-state index in [1.807, 2.05) is 6.92 Å². The Hall–Kier alpha value is -3.48. The summed E-state index contributed by atoms with van der Waals surface area (Å²) in [5.41, 5.74) is 11.5. The van der Waals surface area contributed by atoms with E-state index in [1.54, 1.807) is 6.92 Å². The molecule has 4 atom stereocenters. The lowest BCUT2D eigenvalue weighted by Crippen LogP contribution is -2.58. The van der Waals surface area contributed by atoms with Gasteiger partial charge in [0.25, 0.3) is 0 Å². The first-order chi connectivity index (χ1) is 14.5. The number of aromatic amines is 1. The van der Waals surface area contributed by atoms with Crippen molar-refractivity contribution in [2.24, 2.45) is 17.4 Å². The molecule has 4 unspecified atom stereocenters. The Balaban J connectivity index is 2.96. The Morgan fingerprint density at radius 2 is 1.77 bits per heavy atom. The van der Waals surface area contributed by atoms with Gasteiger partial charge in [-0.1, -0.05) is 20.3 Å². The lowest BCUT2D eigenvalue weighted by atomic mass is 9.99. The number of primary amides is 1. The SMILES string of the molecule is CCC(C)C(N)C(=O)NC(CC(N)=O)C(=O)NC(Cc1cnc[nH]1)C(=O)NCC(=O)O. The highest BCUT2D eigenvalue weighted by Crippen LogP contribution is 2.07. The van der Waals surface area contributed by atoms with E-state index in [9.17, 15) is 24.0 Å². The van der Waals surface area contributed by atoms with Gasteiger partial charge in [-0.15, -0.1) is 0 Å². The van der Waals surface area contributed by atoms with Crippen LogP contribution in [0.3, 0.4) is 0 Å². The Morgan fingerprint density at radius 1 is 1.13 bits per heavy atom. The zero-order valence-corrected chi connectivity index (χ0v) is 17.4. The normalized spacial score (nSPS) is 14.5. The summed E-state index contributed by atoms with van der Waals surface area (Å²) in [7, 11) is 0. The fraction of sp³-hybridized carbons (Fsp3) is 0.556. The molecule has 0 fully saturated rings. The van der Waals surface area contributed by atoms with E-state index < -0.39 is 60.7 Å². The highest BCUT2D eigenvalue weighted by atomic mass is 16.4. The van der Waals surface area contributed by atoms with Crippen molar-refractivity contribution >= 4 is 29.6 Å². The molecule has 1 rings (SSSR count). The van der Waals surface area contributed by atoms with Gasteiger partial charge < -0.3 is 37.5 Å². The molecule has 1 aromatic rings. The van der Waals surface area contributed by atoms with Crippen molar-refractivity contribution in [3.8, 4) is 0 Å². The number of carboxylic acids is 1. The van der Waals surface area contributed by atoms with E-state index in [2.05, 4.69) is 25.9 Å². The van der Waals surface area contributed by atoms with Crippen LogP contribution in [-0.4, -0.2) is 69.3 Å². The van der Waals surface area contributed by atoms with Crippen molar-refractivity contribution in [3.63, 3.8) is 0 Å². The molecular weight excluding hydrogens is 410 g/mol. The van der Waals surface area contributed by atoms with E-state index in [-0.39, 0.29) is 12.3 Å². The number of imidazole rings is 1. The van der Waals surface area contributed by atoms with Crippen LogP contribution in [0.4, 0.5) is 0 Å². The van der Waals surface area contributed by atoms with E-state index >= 15 is 0 Å². The smallest absolute Gasteiger partial charge is 0.322 e. The third-order valence-corrected chi connectivity index (χ3v) is 4.62. The molecule has 1 heterocycles. The van der Waals surface area contributed by atoms with Gasteiger partial charge in [0.2, 0.25) is 23.6 Å². The Bertz CT molecular complexity index is 782. The molecule has 0 aliphatic heterocycles. The first kappa shape index (κ1) is 25.6. The summed E-state index contributed by atoms with van der Waals surface area (Å²) in [6, 6.07) is -3.48. The monoisotopic (exact) mass is 439 g/mol. The van der Waals surface area contributed by atoms with Gasteiger partial charge in [-0.05, 0) is 5.92 Å². The molecule has 172 valence electrons. The minimum Gasteiger partial charge on any atom is -0.480 e. The Kier molecular flexibility index (Phi) is 10.1. The largest absolute Gasteiger partial charge is 0.480 e. The molecule has 0 spiro atoms. The standard InChI is InChI=1S/C18H29N7O6/c1-3-9(2)15(20)18(31)25-12(5-13(19)26)17(30)24-11(4-10-6-21-8-23-10)16(29)22-7-14(27)28/h6,8-9,11-12,15H,3-5,7,20H2,1-2H3,(H2,19,26)(H,21,23)(H,22,29)(H,24,30)(H,25,31)(H,27,28). The average Bonchev–Trinajstić information content (AvgIpc) is 3.22. The number of aromatic nitrogens is 2. The van der Waals surface area contributed by atoms with Gasteiger partial charge in [0, 0.05) is 18.3 Å². The lowest BCUT2D eigenvalue weighted by Gasteiger charge is -2.24. The maximum absolute atomic E-state index is 12.8. The second kappa shape index (κ2) is 12.3. The number of carboxylic acid groups (broad SMARTS) is 1. The first-order valence-corrected chi connectivity index (χ1v) is 9.66. The molecule has 13 nitrogen and oxygen atoms in total. The van der Waals surface area contributed by atoms with Gasteiger partial charge in [0.15, 0.2) is 0 Å². The van der Waals surface area contributed by atoms with Crippen LogP contribution in [-0.2, 0) is 30.4 Å². The van der Waals surface area contributed by atoms with Crippen molar-refractivity contribution < 1.29 is 29.1 Å². The van der Waals surface area contributed by atoms with Crippen LogP contribution in [0, 0.1) is 5.92 Å². The predicted octanol–water partition coefficient (Wildman–Crippen LogP) is -2.63. The van der Waals surface area contributed by atoms with Crippen LogP contribution in [0.2, 0.25) is 0 Å². The van der Waals surface area contributed by atoms with Crippen LogP contribution in [0.1, 0.15) is 32.4 Å². The summed E-state index contributed by atoms with van der Waals surface area (Å²) in [5, 5.41) is 15.7. The summed E-state index contributed by atoms with van der Waals surface area (Å²) in [6.45, 7) is 2.96. The summed E-state index contributed by atoms with van der Waals surface area (Å²) in [5.74, 6) is -4.55. The fourth-order valence-electron chi connectivity index (χ4n) is 2.57. The van der Waals surface area contributed by atoms with E-state index in [1.165, 1.54) is 12.5 Å². The van der Waals surface area contributed by atoms with Crippen molar-refractivity contribution in [3.05, 3.63) is 18.2 Å².